The van der Waals surface area contributed by atoms with Crippen LogP contribution < -0.4 is 14.8 Å². The van der Waals surface area contributed by atoms with Gasteiger partial charge in [0.1, 0.15) is 0 Å². The van der Waals surface area contributed by atoms with Crippen LogP contribution in [0.25, 0.3) is 0 Å². The van der Waals surface area contributed by atoms with Gasteiger partial charge in [-0.3, -0.25) is 0 Å². The van der Waals surface area contributed by atoms with Crippen molar-refractivity contribution < 1.29 is 9.47 Å². The molecule has 0 amide bonds. The summed E-state index contributed by atoms with van der Waals surface area (Å²) in [7, 11) is 1.65. The van der Waals surface area contributed by atoms with Gasteiger partial charge in [-0.1, -0.05) is 38.3 Å². The van der Waals surface area contributed by atoms with Crippen molar-refractivity contribution in [2.24, 2.45) is 0 Å². The average molecular weight is 458 g/mol. The summed E-state index contributed by atoms with van der Waals surface area (Å²) in [4.78, 5) is 2.60. The highest BCUT2D eigenvalue weighted by Gasteiger charge is 2.12. The first-order valence-corrected chi connectivity index (χ1v) is 10.5. The summed E-state index contributed by atoms with van der Waals surface area (Å²) in [5.41, 5.74) is 1.05. The molecule has 28 heavy (non-hydrogen) atoms. The number of nitrogens with one attached hydrogen (secondary N) is 1. The maximum atomic E-state index is 6.21. The van der Waals surface area contributed by atoms with Crippen LogP contribution >= 0.6 is 36.4 Å². The van der Waals surface area contributed by atoms with Gasteiger partial charge in [0.25, 0.3) is 0 Å². The van der Waals surface area contributed by atoms with Gasteiger partial charge in [-0.15, -0.1) is 24.8 Å². The fourth-order valence-electron chi connectivity index (χ4n) is 2.96. The van der Waals surface area contributed by atoms with Gasteiger partial charge in [0.15, 0.2) is 11.5 Å². The van der Waals surface area contributed by atoms with Crippen LogP contribution in [0, 0.1) is 0 Å². The van der Waals surface area contributed by atoms with Gasteiger partial charge in [-0.25, -0.2) is 0 Å². The third-order valence-electron chi connectivity index (χ3n) is 4.40. The molecule has 0 aromatic heterocycles. The van der Waals surface area contributed by atoms with Crippen LogP contribution in [0.3, 0.4) is 0 Å². The van der Waals surface area contributed by atoms with Crippen molar-refractivity contribution in [3.63, 3.8) is 0 Å². The number of nitrogens with zero attached hydrogens (tertiary/aromatic N) is 1. The molecule has 0 aliphatic carbocycles. The molecule has 0 bridgehead atoms. The molecule has 0 fully saturated rings. The SMILES string of the molecule is CCCCN(CCCC)CCCNCc1cc(Cl)cc(OC)c1OCC.Cl.Cl. The Hall–Kier alpha value is -0.390. The van der Waals surface area contributed by atoms with Crippen LogP contribution in [0.5, 0.6) is 11.5 Å². The summed E-state index contributed by atoms with van der Waals surface area (Å²) in [5.74, 6) is 1.49. The normalized spacial score (nSPS) is 10.4. The van der Waals surface area contributed by atoms with Crippen LogP contribution in [0.2, 0.25) is 5.02 Å². The lowest BCUT2D eigenvalue weighted by Gasteiger charge is -2.22. The van der Waals surface area contributed by atoms with E-state index in [1.165, 1.54) is 38.8 Å². The molecule has 166 valence electrons. The molecule has 4 nitrogen and oxygen atoms in total. The van der Waals surface area contributed by atoms with Gasteiger partial charge in [0, 0.05) is 23.2 Å². The molecule has 0 spiro atoms. The van der Waals surface area contributed by atoms with E-state index in [0.29, 0.717) is 17.4 Å². The highest BCUT2D eigenvalue weighted by atomic mass is 35.5. The Labute approximate surface area is 189 Å². The fraction of sp³-hybridized carbons (Fsp3) is 0.714. The summed E-state index contributed by atoms with van der Waals surface area (Å²) < 4.78 is 11.2. The van der Waals surface area contributed by atoms with Crippen LogP contribution in [0.4, 0.5) is 0 Å². The lowest BCUT2D eigenvalue weighted by atomic mass is 10.1. The molecule has 7 heteroatoms. The standard InChI is InChI=1S/C21H37ClN2O2.2ClH/c1-5-8-12-24(13-9-6-2)14-10-11-23-17-18-15-19(22)16-20(25-4)21(18)26-7-3;;/h15-16,23H,5-14,17H2,1-4H3;2*1H. The summed E-state index contributed by atoms with van der Waals surface area (Å²) in [6.07, 6.45) is 6.25. The first kappa shape index (κ1) is 29.8. The van der Waals surface area contributed by atoms with Crippen LogP contribution in [-0.4, -0.2) is 44.8 Å². The van der Waals surface area contributed by atoms with Gasteiger partial charge in [-0.05, 0) is 58.4 Å². The minimum atomic E-state index is 0. The second-order valence-electron chi connectivity index (χ2n) is 6.61. The van der Waals surface area contributed by atoms with E-state index in [1.54, 1.807) is 13.2 Å². The number of unbranched alkanes of at least 4 members (excludes halogenated alkanes) is 2. The number of halogens is 3. The zero-order chi connectivity index (χ0) is 19.2. The lowest BCUT2D eigenvalue weighted by Crippen LogP contribution is -2.29. The van der Waals surface area contributed by atoms with Crippen molar-refractivity contribution in [1.82, 2.24) is 10.2 Å². The Balaban J connectivity index is 0. The molecule has 1 aromatic carbocycles. The molecule has 0 heterocycles. The minimum Gasteiger partial charge on any atom is -0.493 e. The second-order valence-corrected chi connectivity index (χ2v) is 7.04. The van der Waals surface area contributed by atoms with Crippen molar-refractivity contribution >= 4 is 36.4 Å². The van der Waals surface area contributed by atoms with Crippen molar-refractivity contribution in [1.29, 1.82) is 0 Å². The van der Waals surface area contributed by atoms with E-state index in [1.807, 2.05) is 13.0 Å². The molecule has 0 saturated heterocycles. The van der Waals surface area contributed by atoms with E-state index in [9.17, 15) is 0 Å². The molecule has 0 radical (unpaired) electrons. The van der Waals surface area contributed by atoms with E-state index < -0.39 is 0 Å². The first-order chi connectivity index (χ1) is 12.7. The molecule has 0 atom stereocenters. The summed E-state index contributed by atoms with van der Waals surface area (Å²) in [5, 5.41) is 4.20. The monoisotopic (exact) mass is 456 g/mol. The molecule has 1 rings (SSSR count). The predicted octanol–water partition coefficient (Wildman–Crippen LogP) is 5.97. The fourth-order valence-corrected chi connectivity index (χ4v) is 3.19. The third kappa shape index (κ3) is 11.6. The second kappa shape index (κ2) is 18.6. The molecule has 0 aliphatic rings. The van der Waals surface area contributed by atoms with E-state index >= 15 is 0 Å². The number of rotatable bonds is 15. The van der Waals surface area contributed by atoms with E-state index in [2.05, 4.69) is 24.1 Å². The third-order valence-corrected chi connectivity index (χ3v) is 4.62. The van der Waals surface area contributed by atoms with Crippen LogP contribution in [-0.2, 0) is 6.54 Å². The number of methoxy groups -OCH3 is 1. The Bertz CT molecular complexity index is 497. The Morgan fingerprint density at radius 3 is 2.11 bits per heavy atom. The molecular formula is C21H39Cl3N2O2. The number of hydrogen-bond donors (Lipinski definition) is 1. The maximum Gasteiger partial charge on any atom is 0.165 e. The van der Waals surface area contributed by atoms with Crippen molar-refractivity contribution in [2.45, 2.75) is 59.4 Å². The molecule has 0 saturated carbocycles. The number of ether oxygens (including phenoxy) is 2. The highest BCUT2D eigenvalue weighted by molar-refractivity contribution is 6.30. The Morgan fingerprint density at radius 2 is 1.57 bits per heavy atom. The zero-order valence-corrected chi connectivity index (χ0v) is 20.3. The summed E-state index contributed by atoms with van der Waals surface area (Å²) in [6, 6.07) is 3.76. The average Bonchev–Trinajstić information content (AvgIpc) is 2.64. The van der Waals surface area contributed by atoms with E-state index in [-0.39, 0.29) is 24.8 Å². The van der Waals surface area contributed by atoms with Gasteiger partial charge in [-0.2, -0.15) is 0 Å². The lowest BCUT2D eigenvalue weighted by molar-refractivity contribution is 0.260. The predicted molar refractivity (Wildman–Crippen MR) is 126 cm³/mol. The quantitative estimate of drug-likeness (QED) is 0.329. The van der Waals surface area contributed by atoms with Crippen molar-refractivity contribution in [2.75, 3.05) is 39.9 Å². The van der Waals surface area contributed by atoms with Crippen LogP contribution in [0.1, 0.15) is 58.4 Å². The summed E-state index contributed by atoms with van der Waals surface area (Å²) in [6.45, 7) is 12.4. The number of hydrogen-bond acceptors (Lipinski definition) is 4. The number of benzene rings is 1. The highest BCUT2D eigenvalue weighted by Crippen LogP contribution is 2.34. The Kier molecular flexibility index (Phi) is 19.8. The summed E-state index contributed by atoms with van der Waals surface area (Å²) >= 11 is 6.21. The smallest absolute Gasteiger partial charge is 0.165 e. The molecule has 1 aromatic rings. The first-order valence-electron chi connectivity index (χ1n) is 10.1. The van der Waals surface area contributed by atoms with Gasteiger partial charge >= 0.3 is 0 Å². The zero-order valence-electron chi connectivity index (χ0n) is 17.9. The van der Waals surface area contributed by atoms with E-state index in [0.717, 1.165) is 37.4 Å². The van der Waals surface area contributed by atoms with Crippen LogP contribution in [0.15, 0.2) is 12.1 Å². The topological polar surface area (TPSA) is 33.7 Å². The Morgan fingerprint density at radius 1 is 0.964 bits per heavy atom. The van der Waals surface area contributed by atoms with E-state index in [4.69, 9.17) is 21.1 Å². The van der Waals surface area contributed by atoms with Crippen molar-refractivity contribution in [3.05, 3.63) is 22.7 Å². The van der Waals surface area contributed by atoms with Crippen molar-refractivity contribution in [3.8, 4) is 11.5 Å². The maximum absolute atomic E-state index is 6.21. The minimum absolute atomic E-state index is 0. The molecule has 0 unspecified atom stereocenters. The van der Waals surface area contributed by atoms with Gasteiger partial charge in [0.2, 0.25) is 0 Å². The van der Waals surface area contributed by atoms with Gasteiger partial charge in [0.05, 0.1) is 13.7 Å². The molecular weight excluding hydrogens is 419 g/mol. The molecule has 1 N–H and O–H groups in total. The van der Waals surface area contributed by atoms with Gasteiger partial charge < -0.3 is 19.7 Å². The molecule has 0 aliphatic heterocycles. The largest absolute Gasteiger partial charge is 0.493 e.